The van der Waals surface area contributed by atoms with Crippen LogP contribution in [0.5, 0.6) is 11.5 Å². The van der Waals surface area contributed by atoms with Gasteiger partial charge in [-0.3, -0.25) is 9.36 Å². The number of fused-ring (bicyclic) bond motifs is 1. The van der Waals surface area contributed by atoms with Crippen molar-refractivity contribution in [3.05, 3.63) is 120 Å². The van der Waals surface area contributed by atoms with Crippen molar-refractivity contribution in [2.45, 2.75) is 13.0 Å². The van der Waals surface area contributed by atoms with Gasteiger partial charge in [-0.25, -0.2) is 9.79 Å². The molecule has 0 spiro atoms. The van der Waals surface area contributed by atoms with Gasteiger partial charge in [0.05, 0.1) is 29.5 Å². The molecule has 0 saturated carbocycles. The monoisotopic (exact) mass is 558 g/mol. The zero-order valence-electron chi connectivity index (χ0n) is 21.5. The number of carbonyl (C=O) groups excluding carboxylic acids is 1. The fourth-order valence-electron chi connectivity index (χ4n) is 4.40. The van der Waals surface area contributed by atoms with Crippen molar-refractivity contribution in [2.75, 3.05) is 20.3 Å². The number of para-hydroxylation sites is 1. The first kappa shape index (κ1) is 26.4. The molecule has 4 aromatic rings. The van der Waals surface area contributed by atoms with Crippen LogP contribution in [-0.2, 0) is 9.53 Å². The van der Waals surface area contributed by atoms with E-state index in [1.165, 1.54) is 22.7 Å². The molecular formula is C30H26N2O5S2. The summed E-state index contributed by atoms with van der Waals surface area (Å²) in [6, 6.07) is 18.1. The number of carbonyl (C=O) groups is 1. The third-order valence-electron chi connectivity index (χ3n) is 6.05. The van der Waals surface area contributed by atoms with Crippen molar-refractivity contribution in [3.8, 4) is 11.5 Å². The lowest BCUT2D eigenvalue weighted by Crippen LogP contribution is -2.39. The lowest BCUT2D eigenvalue weighted by molar-refractivity contribution is -0.138. The van der Waals surface area contributed by atoms with Gasteiger partial charge in [0.1, 0.15) is 12.6 Å². The molecule has 0 unspecified atom stereocenters. The fraction of sp³-hybridized carbons (Fsp3) is 0.167. The van der Waals surface area contributed by atoms with Crippen LogP contribution in [0.4, 0.5) is 0 Å². The summed E-state index contributed by atoms with van der Waals surface area (Å²) in [5.41, 5.74) is 2.02. The van der Waals surface area contributed by atoms with E-state index in [4.69, 9.17) is 19.2 Å². The van der Waals surface area contributed by atoms with Crippen molar-refractivity contribution in [2.24, 2.45) is 4.99 Å². The van der Waals surface area contributed by atoms with Crippen molar-refractivity contribution < 1.29 is 19.0 Å². The van der Waals surface area contributed by atoms with E-state index in [-0.39, 0.29) is 18.8 Å². The first-order chi connectivity index (χ1) is 19.1. The molecule has 2 aromatic carbocycles. The lowest BCUT2D eigenvalue weighted by atomic mass is 9.97. The van der Waals surface area contributed by atoms with Crippen LogP contribution in [0, 0.1) is 0 Å². The molecule has 0 radical (unpaired) electrons. The van der Waals surface area contributed by atoms with Gasteiger partial charge in [0, 0.05) is 16.0 Å². The van der Waals surface area contributed by atoms with Crippen LogP contribution in [0.3, 0.4) is 0 Å². The number of benzene rings is 2. The van der Waals surface area contributed by atoms with Gasteiger partial charge in [-0.05, 0) is 30.5 Å². The molecule has 0 N–H and O–H groups in total. The summed E-state index contributed by atoms with van der Waals surface area (Å²) in [4.78, 5) is 33.6. The Hall–Kier alpha value is -4.21. The van der Waals surface area contributed by atoms with Crippen LogP contribution in [-0.4, -0.2) is 30.9 Å². The van der Waals surface area contributed by atoms with Gasteiger partial charge in [0.15, 0.2) is 16.3 Å². The summed E-state index contributed by atoms with van der Waals surface area (Å²) in [6.07, 6.45) is 3.42. The van der Waals surface area contributed by atoms with Crippen LogP contribution in [0.25, 0.3) is 11.8 Å². The molecule has 198 valence electrons. The van der Waals surface area contributed by atoms with Crippen molar-refractivity contribution >= 4 is 40.4 Å². The number of methoxy groups -OCH3 is 1. The predicted octanol–water partition coefficient (Wildman–Crippen LogP) is 4.57. The zero-order valence-corrected chi connectivity index (χ0v) is 23.1. The van der Waals surface area contributed by atoms with E-state index < -0.39 is 12.0 Å². The Labute approximate surface area is 233 Å². The lowest BCUT2D eigenvalue weighted by Gasteiger charge is -2.24. The number of thiazole rings is 1. The molecule has 0 amide bonds. The minimum atomic E-state index is -0.681. The second-order valence-corrected chi connectivity index (χ2v) is 10.4. The van der Waals surface area contributed by atoms with E-state index in [0.717, 1.165) is 10.4 Å². The van der Waals surface area contributed by atoms with Gasteiger partial charge in [-0.1, -0.05) is 72.5 Å². The van der Waals surface area contributed by atoms with Gasteiger partial charge in [0.2, 0.25) is 0 Å². The van der Waals surface area contributed by atoms with E-state index in [2.05, 4.69) is 6.58 Å². The van der Waals surface area contributed by atoms with Crippen LogP contribution < -0.4 is 24.4 Å². The molecule has 9 heteroatoms. The normalized spacial score (nSPS) is 14.9. The molecule has 1 aliphatic heterocycles. The topological polar surface area (TPSA) is 79.1 Å². The largest absolute Gasteiger partial charge is 0.493 e. The Morgan fingerprint density at radius 3 is 2.64 bits per heavy atom. The second-order valence-electron chi connectivity index (χ2n) is 8.43. The fourth-order valence-corrected chi connectivity index (χ4v) is 6.22. The number of thiophene rings is 1. The molecule has 1 aliphatic rings. The van der Waals surface area contributed by atoms with Gasteiger partial charge in [-0.2, -0.15) is 0 Å². The van der Waals surface area contributed by atoms with Gasteiger partial charge in [0.25, 0.3) is 5.56 Å². The number of hydrogen-bond donors (Lipinski definition) is 0. The first-order valence-electron chi connectivity index (χ1n) is 12.3. The maximum absolute atomic E-state index is 14.0. The highest BCUT2D eigenvalue weighted by atomic mass is 32.1. The van der Waals surface area contributed by atoms with E-state index in [1.807, 2.05) is 60.0 Å². The minimum Gasteiger partial charge on any atom is -0.493 e. The number of aromatic nitrogens is 1. The van der Waals surface area contributed by atoms with E-state index in [1.54, 1.807) is 36.8 Å². The van der Waals surface area contributed by atoms with Gasteiger partial charge < -0.3 is 14.2 Å². The third-order valence-corrected chi connectivity index (χ3v) is 7.96. The number of rotatable bonds is 9. The van der Waals surface area contributed by atoms with Crippen molar-refractivity contribution in [1.82, 2.24) is 4.57 Å². The van der Waals surface area contributed by atoms with Crippen LogP contribution in [0.2, 0.25) is 0 Å². The van der Waals surface area contributed by atoms with E-state index >= 15 is 0 Å². The summed E-state index contributed by atoms with van der Waals surface area (Å²) in [5.74, 6) is 0.559. The molecule has 1 atom stereocenters. The minimum absolute atomic E-state index is 0.204. The van der Waals surface area contributed by atoms with Gasteiger partial charge in [-0.15, -0.1) is 11.3 Å². The molecule has 2 aromatic heterocycles. The molecule has 0 fully saturated rings. The summed E-state index contributed by atoms with van der Waals surface area (Å²) in [7, 11) is 1.57. The Morgan fingerprint density at radius 2 is 1.95 bits per heavy atom. The molecule has 0 aliphatic carbocycles. The van der Waals surface area contributed by atoms with Crippen LogP contribution >= 0.6 is 22.7 Å². The van der Waals surface area contributed by atoms with E-state index in [9.17, 15) is 9.59 Å². The molecule has 0 bridgehead atoms. The first-order valence-corrected chi connectivity index (χ1v) is 14.0. The van der Waals surface area contributed by atoms with Crippen molar-refractivity contribution in [1.29, 1.82) is 0 Å². The maximum atomic E-state index is 14.0. The maximum Gasteiger partial charge on any atom is 0.338 e. The SMILES string of the molecule is C=CCOc1c(/C=c2\sc3n(c2=O)[C@@H](c2cccs2)C(C(=O)OCC)=C(c2ccccc2)N=3)cccc1OC. The quantitative estimate of drug-likeness (QED) is 0.222. The summed E-state index contributed by atoms with van der Waals surface area (Å²) >= 11 is 2.73. The molecule has 39 heavy (non-hydrogen) atoms. The number of hydrogen-bond acceptors (Lipinski definition) is 8. The molecule has 3 heterocycles. The number of ether oxygens (including phenoxy) is 3. The van der Waals surface area contributed by atoms with Crippen LogP contribution in [0.15, 0.2) is 94.1 Å². The Balaban J connectivity index is 1.78. The highest BCUT2D eigenvalue weighted by Crippen LogP contribution is 2.37. The Bertz CT molecular complexity index is 1720. The van der Waals surface area contributed by atoms with E-state index in [0.29, 0.717) is 37.7 Å². The summed E-state index contributed by atoms with van der Waals surface area (Å²) in [6.45, 7) is 5.97. The van der Waals surface area contributed by atoms with Crippen LogP contribution in [0.1, 0.15) is 29.0 Å². The highest BCUT2D eigenvalue weighted by Gasteiger charge is 2.35. The van der Waals surface area contributed by atoms with Crippen molar-refractivity contribution in [3.63, 3.8) is 0 Å². The molecule has 0 saturated heterocycles. The Morgan fingerprint density at radius 1 is 1.13 bits per heavy atom. The van der Waals surface area contributed by atoms with Gasteiger partial charge >= 0.3 is 5.97 Å². The second kappa shape index (κ2) is 11.7. The number of esters is 1. The summed E-state index contributed by atoms with van der Waals surface area (Å²) < 4.78 is 18.9. The Kier molecular flexibility index (Phi) is 7.90. The molecular weight excluding hydrogens is 532 g/mol. The number of nitrogens with zero attached hydrogens (tertiary/aromatic N) is 2. The predicted molar refractivity (Wildman–Crippen MR) is 154 cm³/mol. The highest BCUT2D eigenvalue weighted by molar-refractivity contribution is 7.10. The molecule has 5 rings (SSSR count). The third kappa shape index (κ3) is 5.10. The smallest absolute Gasteiger partial charge is 0.338 e. The average Bonchev–Trinajstić information content (AvgIpc) is 3.60. The standard InChI is InChI=1S/C30H26N2O5S2/c1-4-16-37-27-20(13-9-14-21(27)35-3)18-23-28(33)32-26(22-15-10-17-38-22)24(29(34)36-5-2)25(31-30(32)39-23)19-11-7-6-8-12-19/h4,6-15,17-18,26H,1,5,16H2,2-3H3/b23-18-/t26-/m0/s1. The summed E-state index contributed by atoms with van der Waals surface area (Å²) in [5, 5.41) is 1.93. The average molecular weight is 559 g/mol. The molecule has 7 nitrogen and oxygen atoms in total. The zero-order chi connectivity index (χ0) is 27.4.